The lowest BCUT2D eigenvalue weighted by Gasteiger charge is -2.29. The fraction of sp³-hybridized carbons (Fsp3) is 0.630. The maximum Gasteiger partial charge on any atom is 0.326 e. The van der Waals surface area contributed by atoms with Gasteiger partial charge in [0.15, 0.2) is 0 Å². The number of hydrogen-bond acceptors (Lipinski definition) is 11. The van der Waals surface area contributed by atoms with E-state index in [2.05, 4.69) is 31.2 Å². The van der Waals surface area contributed by atoms with Crippen LogP contribution in [0.1, 0.15) is 50.6 Å². The average Bonchev–Trinajstić information content (AvgIpc) is 3.72. The first-order valence-corrected chi connectivity index (χ1v) is 14.8. The molecule has 46 heavy (non-hydrogen) atoms. The molecule has 1 aliphatic rings. The fourth-order valence-electron chi connectivity index (χ4n) is 4.76. The molecule has 1 saturated heterocycles. The zero-order chi connectivity index (χ0) is 34.2. The Balaban J connectivity index is 2.06. The topological polar surface area (TPSA) is 312 Å². The number of rotatable bonds is 20. The lowest BCUT2D eigenvalue weighted by Crippen LogP contribution is -2.58. The Morgan fingerprint density at radius 1 is 1.00 bits per heavy atom. The Labute approximate surface area is 264 Å². The van der Waals surface area contributed by atoms with Gasteiger partial charge in [-0.1, -0.05) is 0 Å². The molecule has 12 N–H and O–H groups in total. The van der Waals surface area contributed by atoms with Gasteiger partial charge in [-0.2, -0.15) is 0 Å². The third kappa shape index (κ3) is 12.1. The van der Waals surface area contributed by atoms with E-state index in [4.69, 9.17) is 16.6 Å². The van der Waals surface area contributed by atoms with Crippen LogP contribution >= 0.6 is 0 Å². The lowest BCUT2D eigenvalue weighted by molar-refractivity contribution is -0.143. The summed E-state index contributed by atoms with van der Waals surface area (Å²) in [5.41, 5.74) is 11.6. The first kappa shape index (κ1) is 37.6. The summed E-state index contributed by atoms with van der Waals surface area (Å²) in [7, 11) is 0. The summed E-state index contributed by atoms with van der Waals surface area (Å²) >= 11 is 0. The van der Waals surface area contributed by atoms with Gasteiger partial charge in [-0.15, -0.1) is 0 Å². The molecule has 2 rings (SSSR count). The number of aliphatic carboxylic acids is 2. The van der Waals surface area contributed by atoms with Crippen molar-refractivity contribution in [2.45, 2.75) is 81.6 Å². The minimum atomic E-state index is -1.45. The average molecular weight is 654 g/mol. The minimum Gasteiger partial charge on any atom is -0.481 e. The standard InChI is InChI=1S/C27H43N9O10/c28-8-2-1-4-17(27(45)46)33-21(38)12-31-24(42)18(10-15-11-30-14-32-15)34-25(43)20-5-3-9-36(20)26(44)19(13-37)35-23(41)16(29)6-7-22(39)40/h11,14,16-20,37H,1-10,12-13,28-29H2,(H,30,32)(H,31,42)(H,33,38)(H,34,43)(H,35,41)(H,39,40)(H,45,46)/t16-,17-,18-,19-,20-/m0/s1. The van der Waals surface area contributed by atoms with Gasteiger partial charge in [0.2, 0.25) is 29.5 Å². The number of carboxylic acids is 2. The summed E-state index contributed by atoms with van der Waals surface area (Å²) in [5, 5.41) is 37.6. The number of nitrogens with zero attached hydrogens (tertiary/aromatic N) is 2. The number of carboxylic acid groups (broad SMARTS) is 2. The van der Waals surface area contributed by atoms with Gasteiger partial charge < -0.3 is 57.9 Å². The molecule has 0 aliphatic carbocycles. The molecule has 256 valence electrons. The van der Waals surface area contributed by atoms with E-state index in [1.54, 1.807) is 0 Å². The highest BCUT2D eigenvalue weighted by atomic mass is 16.4. The van der Waals surface area contributed by atoms with Gasteiger partial charge in [0.05, 0.1) is 25.5 Å². The van der Waals surface area contributed by atoms with Crippen molar-refractivity contribution in [3.8, 4) is 0 Å². The zero-order valence-electron chi connectivity index (χ0n) is 25.3. The van der Waals surface area contributed by atoms with Crippen LogP contribution in [0.15, 0.2) is 12.5 Å². The summed E-state index contributed by atoms with van der Waals surface area (Å²) in [4.78, 5) is 94.7. The molecular formula is C27H43N9O10. The molecule has 0 unspecified atom stereocenters. The quantitative estimate of drug-likeness (QED) is 0.0599. The zero-order valence-corrected chi connectivity index (χ0v) is 25.3. The van der Waals surface area contributed by atoms with Crippen LogP contribution in [-0.4, -0.2) is 128 Å². The SMILES string of the molecule is NCCCC[C@H](NC(=O)CNC(=O)[C@H](Cc1cnc[nH]1)NC(=O)[C@@H]1CCCN1C(=O)[C@H](CO)NC(=O)[C@@H](N)CCC(=O)O)C(=O)O. The number of carbonyl (C=O) groups is 7. The van der Waals surface area contributed by atoms with Crippen molar-refractivity contribution in [3.05, 3.63) is 18.2 Å². The molecule has 0 bridgehead atoms. The lowest BCUT2D eigenvalue weighted by atomic mass is 10.1. The second-order valence-electron chi connectivity index (χ2n) is 10.8. The van der Waals surface area contributed by atoms with E-state index in [9.17, 15) is 43.8 Å². The first-order chi connectivity index (χ1) is 21.9. The highest BCUT2D eigenvalue weighted by molar-refractivity contribution is 5.96. The highest BCUT2D eigenvalue weighted by Gasteiger charge is 2.39. The molecule has 0 spiro atoms. The number of aromatic amines is 1. The molecular weight excluding hydrogens is 610 g/mol. The monoisotopic (exact) mass is 653 g/mol. The van der Waals surface area contributed by atoms with E-state index in [0.717, 1.165) is 4.90 Å². The maximum absolute atomic E-state index is 13.4. The van der Waals surface area contributed by atoms with E-state index < -0.39 is 84.8 Å². The van der Waals surface area contributed by atoms with Crippen molar-refractivity contribution in [2.24, 2.45) is 11.5 Å². The number of unbranched alkanes of at least 4 members (excludes halogenated alkanes) is 1. The molecule has 0 saturated carbocycles. The number of imidazole rings is 1. The van der Waals surface area contributed by atoms with Gasteiger partial charge in [0.1, 0.15) is 24.2 Å². The van der Waals surface area contributed by atoms with Gasteiger partial charge in [-0.25, -0.2) is 9.78 Å². The van der Waals surface area contributed by atoms with Crippen LogP contribution in [0.5, 0.6) is 0 Å². The molecule has 19 heteroatoms. The van der Waals surface area contributed by atoms with Crippen molar-refractivity contribution < 1.29 is 48.9 Å². The third-order valence-electron chi connectivity index (χ3n) is 7.26. The number of H-pyrrole nitrogens is 1. The molecule has 0 aromatic carbocycles. The van der Waals surface area contributed by atoms with Crippen LogP contribution in [-0.2, 0) is 40.0 Å². The molecule has 19 nitrogen and oxygen atoms in total. The number of aromatic nitrogens is 2. The normalized spacial score (nSPS) is 16.8. The van der Waals surface area contributed by atoms with Crippen LogP contribution in [0.4, 0.5) is 0 Å². The molecule has 1 fully saturated rings. The van der Waals surface area contributed by atoms with Gasteiger partial charge in [0.25, 0.3) is 0 Å². The summed E-state index contributed by atoms with van der Waals surface area (Å²) < 4.78 is 0. The summed E-state index contributed by atoms with van der Waals surface area (Å²) in [6.07, 6.45) is 3.97. The minimum absolute atomic E-state index is 0.0692. The second-order valence-corrected chi connectivity index (χ2v) is 10.8. The molecule has 5 atom stereocenters. The predicted molar refractivity (Wildman–Crippen MR) is 158 cm³/mol. The van der Waals surface area contributed by atoms with Crippen LogP contribution in [0.2, 0.25) is 0 Å². The molecule has 1 aliphatic heterocycles. The predicted octanol–water partition coefficient (Wildman–Crippen LogP) is -4.09. The Kier molecular flexibility index (Phi) is 15.5. The van der Waals surface area contributed by atoms with E-state index in [-0.39, 0.29) is 38.6 Å². The van der Waals surface area contributed by atoms with Crippen LogP contribution in [0.3, 0.4) is 0 Å². The Hall–Kier alpha value is -4.62. The van der Waals surface area contributed by atoms with E-state index in [1.807, 2.05) is 0 Å². The van der Waals surface area contributed by atoms with Gasteiger partial charge in [-0.3, -0.25) is 28.8 Å². The van der Waals surface area contributed by atoms with Crippen molar-refractivity contribution in [1.82, 2.24) is 36.1 Å². The molecule has 1 aromatic rings. The molecule has 1 aromatic heterocycles. The van der Waals surface area contributed by atoms with Crippen LogP contribution < -0.4 is 32.7 Å². The van der Waals surface area contributed by atoms with Gasteiger partial charge >= 0.3 is 11.9 Å². The van der Waals surface area contributed by atoms with E-state index >= 15 is 0 Å². The van der Waals surface area contributed by atoms with E-state index in [1.165, 1.54) is 12.5 Å². The second kappa shape index (κ2) is 19.0. The largest absolute Gasteiger partial charge is 0.481 e. The van der Waals surface area contributed by atoms with E-state index in [0.29, 0.717) is 31.5 Å². The number of nitrogens with two attached hydrogens (primary N) is 2. The van der Waals surface area contributed by atoms with Crippen molar-refractivity contribution >= 4 is 41.5 Å². The highest BCUT2D eigenvalue weighted by Crippen LogP contribution is 2.19. The van der Waals surface area contributed by atoms with Crippen LogP contribution in [0, 0.1) is 0 Å². The number of likely N-dealkylation sites (tertiary alicyclic amines) is 1. The summed E-state index contributed by atoms with van der Waals surface area (Å²) in [6.45, 7) is -0.906. The fourth-order valence-corrected chi connectivity index (χ4v) is 4.76. The number of amides is 5. The molecule has 5 amide bonds. The van der Waals surface area contributed by atoms with Crippen molar-refractivity contribution in [3.63, 3.8) is 0 Å². The smallest absolute Gasteiger partial charge is 0.326 e. The van der Waals surface area contributed by atoms with Crippen molar-refractivity contribution in [1.29, 1.82) is 0 Å². The number of carbonyl (C=O) groups excluding carboxylic acids is 5. The Morgan fingerprint density at radius 2 is 1.74 bits per heavy atom. The third-order valence-corrected chi connectivity index (χ3v) is 7.26. The number of aliphatic hydroxyl groups excluding tert-OH is 1. The van der Waals surface area contributed by atoms with Crippen molar-refractivity contribution in [2.75, 3.05) is 26.2 Å². The summed E-state index contributed by atoms with van der Waals surface area (Å²) in [5.74, 6) is -6.24. The first-order valence-electron chi connectivity index (χ1n) is 14.8. The molecule has 2 heterocycles. The Morgan fingerprint density at radius 3 is 2.35 bits per heavy atom. The number of nitrogens with one attached hydrogen (secondary N) is 5. The summed E-state index contributed by atoms with van der Waals surface area (Å²) in [6, 6.07) is -6.17. The maximum atomic E-state index is 13.4. The number of aliphatic hydroxyl groups is 1. The van der Waals surface area contributed by atoms with Crippen LogP contribution in [0.25, 0.3) is 0 Å². The van der Waals surface area contributed by atoms with Gasteiger partial charge in [0, 0.05) is 31.3 Å². The molecule has 0 radical (unpaired) electrons. The van der Waals surface area contributed by atoms with Gasteiger partial charge in [-0.05, 0) is 45.1 Å². The number of hydrogen-bond donors (Lipinski definition) is 10. The Bertz CT molecular complexity index is 1210.